The number of nitrogens with two attached hydrogens (primary N) is 1. The first-order valence-electron chi connectivity index (χ1n) is 3.16. The molecule has 0 unspecified atom stereocenters. The van der Waals surface area contributed by atoms with E-state index in [4.69, 9.17) is 10.9 Å². The zero-order chi connectivity index (χ0) is 8.72. The Morgan fingerprint density at radius 3 is 3.17 bits per heavy atom. The van der Waals surface area contributed by atoms with Crippen molar-refractivity contribution in [3.05, 3.63) is 16.8 Å². The lowest BCUT2D eigenvalue weighted by atomic mass is 10.5. The van der Waals surface area contributed by atoms with Crippen LogP contribution in [0, 0.1) is 0 Å². The zero-order valence-electron chi connectivity index (χ0n) is 5.90. The zero-order valence-corrected chi connectivity index (χ0v) is 5.90. The highest BCUT2D eigenvalue weighted by atomic mass is 16.5. The number of hydrogen-bond donors (Lipinski definition) is 4. The molecule has 0 saturated heterocycles. The van der Waals surface area contributed by atoms with Gasteiger partial charge in [-0.15, -0.1) is 0 Å². The van der Waals surface area contributed by atoms with Gasteiger partial charge >= 0.3 is 5.69 Å². The van der Waals surface area contributed by atoms with Gasteiger partial charge in [0.05, 0.1) is 6.33 Å². The van der Waals surface area contributed by atoms with Crippen LogP contribution in [0.5, 0.6) is 0 Å². The van der Waals surface area contributed by atoms with Crippen molar-refractivity contribution in [1.82, 2.24) is 15.0 Å². The normalized spacial score (nSPS) is 10.7. The summed E-state index contributed by atoms with van der Waals surface area (Å²) in [6, 6.07) is 0. The Kier molecular flexibility index (Phi) is 1.09. The van der Waals surface area contributed by atoms with Crippen molar-refractivity contribution in [2.45, 2.75) is 0 Å². The van der Waals surface area contributed by atoms with E-state index in [-0.39, 0.29) is 5.82 Å². The van der Waals surface area contributed by atoms with Crippen LogP contribution in [-0.2, 0) is 0 Å². The molecule has 0 aliphatic heterocycles. The molecule has 0 aromatic carbocycles. The van der Waals surface area contributed by atoms with Crippen molar-refractivity contribution in [3.8, 4) is 0 Å². The van der Waals surface area contributed by atoms with E-state index in [2.05, 4.69) is 15.0 Å². The Bertz CT molecular complexity index is 484. The lowest BCUT2D eigenvalue weighted by Gasteiger charge is -1.91. The Hall–Kier alpha value is -2.05. The van der Waals surface area contributed by atoms with Crippen molar-refractivity contribution in [3.63, 3.8) is 0 Å². The number of aromatic nitrogens is 4. The second-order valence-corrected chi connectivity index (χ2v) is 2.25. The fourth-order valence-corrected chi connectivity index (χ4v) is 0.954. The smallest absolute Gasteiger partial charge is 0.368 e. The van der Waals surface area contributed by atoms with Crippen LogP contribution in [-0.4, -0.2) is 20.2 Å². The van der Waals surface area contributed by atoms with Crippen LogP contribution in [0.3, 0.4) is 0 Å². The number of nitrogen functional groups attached to an aromatic ring is 1. The van der Waals surface area contributed by atoms with Gasteiger partial charge in [-0.1, -0.05) is 0 Å². The molecular weight excluding hydrogens is 162 g/mol. The summed E-state index contributed by atoms with van der Waals surface area (Å²) in [6.45, 7) is 0. The summed E-state index contributed by atoms with van der Waals surface area (Å²) in [5.41, 5.74) is 5.39. The molecule has 0 spiro atoms. The predicted molar refractivity (Wildman–Crippen MR) is 38.5 cm³/mol. The fourth-order valence-electron chi connectivity index (χ4n) is 0.954. The largest absolute Gasteiger partial charge is 0.479 e. The van der Waals surface area contributed by atoms with Crippen LogP contribution >= 0.6 is 0 Å². The molecule has 7 heteroatoms. The third-order valence-corrected chi connectivity index (χ3v) is 1.54. The van der Waals surface area contributed by atoms with Crippen molar-refractivity contribution < 1.29 is 9.94 Å². The quantitative estimate of drug-likeness (QED) is 0.279. The first kappa shape index (κ1) is 6.65. The highest BCUT2D eigenvalue weighted by Gasteiger charge is 2.14. The highest BCUT2D eigenvalue weighted by molar-refractivity contribution is 5.78. The molecule has 2 rings (SSSR count). The number of rotatable bonds is 0. The number of anilines is 1. The Balaban J connectivity index is 3.04. The van der Waals surface area contributed by atoms with Crippen molar-refractivity contribution in [2.75, 3.05) is 5.73 Å². The average molecular weight is 168 g/mol. The molecule has 12 heavy (non-hydrogen) atoms. The van der Waals surface area contributed by atoms with Gasteiger partial charge in [0.15, 0.2) is 5.52 Å². The van der Waals surface area contributed by atoms with Gasteiger partial charge in [-0.3, -0.25) is 0 Å². The molecule has 0 aliphatic carbocycles. The number of aromatic amines is 2. The molecule has 0 fully saturated rings. The van der Waals surface area contributed by atoms with Crippen LogP contribution in [0.4, 0.5) is 5.82 Å². The second-order valence-electron chi connectivity index (χ2n) is 2.25. The van der Waals surface area contributed by atoms with E-state index in [1.54, 1.807) is 0 Å². The van der Waals surface area contributed by atoms with Crippen molar-refractivity contribution >= 4 is 17.0 Å². The molecule has 2 aromatic rings. The van der Waals surface area contributed by atoms with Gasteiger partial charge in [0.2, 0.25) is 5.65 Å². The van der Waals surface area contributed by atoms with E-state index in [1.165, 1.54) is 6.33 Å². The summed E-state index contributed by atoms with van der Waals surface area (Å²) in [7, 11) is 0. The lowest BCUT2D eigenvalue weighted by molar-refractivity contribution is -0.905. The van der Waals surface area contributed by atoms with Gasteiger partial charge in [0.1, 0.15) is 0 Å². The SMILES string of the molecule is Nc1c2[nH]cnc2[nH]c(=O)[n+]1O. The second kappa shape index (κ2) is 1.97. The summed E-state index contributed by atoms with van der Waals surface area (Å²) in [5.74, 6) is -0.0637. The van der Waals surface area contributed by atoms with Crippen LogP contribution in [0.15, 0.2) is 11.1 Å². The Labute approximate surface area is 65.4 Å². The minimum absolute atomic E-state index is 0.0637. The first-order valence-corrected chi connectivity index (χ1v) is 3.16. The summed E-state index contributed by atoms with van der Waals surface area (Å²) in [5, 5.41) is 9.02. The average Bonchev–Trinajstić information content (AvgIpc) is 2.48. The van der Waals surface area contributed by atoms with Crippen LogP contribution in [0.1, 0.15) is 0 Å². The van der Waals surface area contributed by atoms with E-state index in [0.717, 1.165) is 0 Å². The molecule has 0 aliphatic rings. The lowest BCUT2D eigenvalue weighted by Crippen LogP contribution is -2.51. The third kappa shape index (κ3) is 0.669. The molecule has 0 saturated carbocycles. The maximum atomic E-state index is 10.9. The number of hydrogen-bond acceptors (Lipinski definition) is 4. The highest BCUT2D eigenvalue weighted by Crippen LogP contribution is 2.06. The van der Waals surface area contributed by atoms with Gasteiger partial charge in [-0.2, -0.15) is 0 Å². The molecular formula is C5H6N5O2+. The number of nitrogens with zero attached hydrogens (tertiary/aromatic N) is 2. The molecule has 62 valence electrons. The maximum Gasteiger partial charge on any atom is 0.479 e. The monoisotopic (exact) mass is 168 g/mol. The number of fused-ring (bicyclic) bond motifs is 1. The van der Waals surface area contributed by atoms with Crippen LogP contribution < -0.4 is 16.2 Å². The van der Waals surface area contributed by atoms with E-state index >= 15 is 0 Å². The molecule has 0 atom stereocenters. The Morgan fingerprint density at radius 1 is 1.67 bits per heavy atom. The van der Waals surface area contributed by atoms with E-state index in [1.807, 2.05) is 0 Å². The van der Waals surface area contributed by atoms with E-state index in [9.17, 15) is 4.79 Å². The van der Waals surface area contributed by atoms with Crippen molar-refractivity contribution in [1.29, 1.82) is 0 Å². The first-order chi connectivity index (χ1) is 5.70. The number of H-pyrrole nitrogens is 2. The van der Waals surface area contributed by atoms with Gasteiger partial charge in [-0.25, -0.2) is 14.8 Å². The molecule has 0 radical (unpaired) electrons. The minimum atomic E-state index is -0.716. The van der Waals surface area contributed by atoms with Crippen LogP contribution in [0.25, 0.3) is 11.2 Å². The molecule has 2 aromatic heterocycles. The maximum absolute atomic E-state index is 10.9. The fraction of sp³-hybridized carbons (Fsp3) is 0. The van der Waals surface area contributed by atoms with Gasteiger partial charge < -0.3 is 15.9 Å². The summed E-state index contributed by atoms with van der Waals surface area (Å²) in [6.07, 6.45) is 1.37. The molecule has 0 amide bonds. The molecule has 7 nitrogen and oxygen atoms in total. The number of imidazole rings is 1. The van der Waals surface area contributed by atoms with Gasteiger partial charge in [0.25, 0.3) is 5.82 Å². The third-order valence-electron chi connectivity index (χ3n) is 1.54. The summed E-state index contributed by atoms with van der Waals surface area (Å²) >= 11 is 0. The van der Waals surface area contributed by atoms with Gasteiger partial charge in [0, 0.05) is 0 Å². The summed E-state index contributed by atoms with van der Waals surface area (Å²) in [4.78, 5) is 19.6. The molecule has 2 heterocycles. The predicted octanol–water partition coefficient (Wildman–Crippen LogP) is -1.64. The Morgan fingerprint density at radius 2 is 2.42 bits per heavy atom. The summed E-state index contributed by atoms with van der Waals surface area (Å²) < 4.78 is 0.320. The van der Waals surface area contributed by atoms with E-state index in [0.29, 0.717) is 15.9 Å². The molecule has 0 bridgehead atoms. The topological polar surface area (TPSA) is 112 Å². The van der Waals surface area contributed by atoms with Crippen molar-refractivity contribution in [2.24, 2.45) is 0 Å². The standard InChI is InChI=1S/C5H5N5O2/c6-3-2-4(8-1-7-2)9-5(11)10(3)12/h1,12H,(H3,6,7,8,9,11)/p+1. The van der Waals surface area contributed by atoms with Crippen LogP contribution in [0.2, 0.25) is 0 Å². The van der Waals surface area contributed by atoms with Gasteiger partial charge in [-0.05, 0) is 4.73 Å². The number of nitrogens with one attached hydrogen (secondary N) is 2. The van der Waals surface area contributed by atoms with E-state index < -0.39 is 5.69 Å². The molecule has 5 N–H and O–H groups in total. The minimum Gasteiger partial charge on any atom is -0.368 e.